The smallest absolute Gasteiger partial charge is 0.410 e. The number of ether oxygens (including phenoxy) is 1. The summed E-state index contributed by atoms with van der Waals surface area (Å²) >= 11 is 0. The zero-order valence-corrected chi connectivity index (χ0v) is 18.5. The van der Waals surface area contributed by atoms with E-state index in [4.69, 9.17) is 4.74 Å². The van der Waals surface area contributed by atoms with Crippen molar-refractivity contribution >= 4 is 12.0 Å². The van der Waals surface area contributed by atoms with Gasteiger partial charge in [-0.05, 0) is 53.4 Å². The largest absolute Gasteiger partial charge is 0.444 e. The number of nitrogens with zero attached hydrogens (tertiary/aromatic N) is 3. The predicted molar refractivity (Wildman–Crippen MR) is 109 cm³/mol. The van der Waals surface area contributed by atoms with Crippen LogP contribution in [0, 0.1) is 19.8 Å². The summed E-state index contributed by atoms with van der Waals surface area (Å²) in [6.45, 7) is 16.0. The molecule has 0 atom stereocenters. The normalized spacial score (nSPS) is 15.8. The summed E-state index contributed by atoms with van der Waals surface area (Å²) < 4.78 is 7.42. The van der Waals surface area contributed by atoms with Crippen molar-refractivity contribution < 1.29 is 14.3 Å². The first-order valence-electron chi connectivity index (χ1n) is 10.3. The number of piperidine rings is 1. The van der Waals surface area contributed by atoms with E-state index in [0.29, 0.717) is 25.4 Å². The highest BCUT2D eigenvalue weighted by molar-refractivity contribution is 5.79. The maximum Gasteiger partial charge on any atom is 0.410 e. The highest BCUT2D eigenvalue weighted by Crippen LogP contribution is 2.18. The van der Waals surface area contributed by atoms with Gasteiger partial charge >= 0.3 is 6.09 Å². The topological polar surface area (TPSA) is 76.5 Å². The molecule has 7 nitrogen and oxygen atoms in total. The van der Waals surface area contributed by atoms with Crippen LogP contribution < -0.4 is 5.32 Å². The average Bonchev–Trinajstić information content (AvgIpc) is 2.80. The quantitative estimate of drug-likeness (QED) is 0.835. The molecule has 0 aromatic carbocycles. The number of hydrogen-bond donors (Lipinski definition) is 1. The Hall–Kier alpha value is -2.05. The molecule has 7 heteroatoms. The third-order valence-electron chi connectivity index (χ3n) is 4.92. The van der Waals surface area contributed by atoms with E-state index in [-0.39, 0.29) is 18.0 Å². The molecule has 0 radical (unpaired) electrons. The number of likely N-dealkylation sites (tertiary alicyclic amines) is 1. The van der Waals surface area contributed by atoms with Gasteiger partial charge in [-0.2, -0.15) is 5.10 Å². The molecular formula is C21H36N4O3. The Labute approximate surface area is 168 Å². The second-order valence-corrected chi connectivity index (χ2v) is 9.21. The lowest BCUT2D eigenvalue weighted by molar-refractivity contribution is -0.121. The van der Waals surface area contributed by atoms with Gasteiger partial charge in [0.2, 0.25) is 5.91 Å². The zero-order chi connectivity index (χ0) is 21.1. The van der Waals surface area contributed by atoms with Crippen LogP contribution in [-0.2, 0) is 22.5 Å². The van der Waals surface area contributed by atoms with Gasteiger partial charge in [-0.25, -0.2) is 4.79 Å². The Bertz CT molecular complexity index is 695. The van der Waals surface area contributed by atoms with Crippen LogP contribution >= 0.6 is 0 Å². The van der Waals surface area contributed by atoms with E-state index in [0.717, 1.165) is 36.3 Å². The van der Waals surface area contributed by atoms with E-state index in [2.05, 4.69) is 24.3 Å². The number of carbonyl (C=O) groups excluding carboxylic acids is 2. The molecule has 1 aromatic heterocycles. The fraction of sp³-hybridized carbons (Fsp3) is 0.762. The monoisotopic (exact) mass is 392 g/mol. The van der Waals surface area contributed by atoms with Crippen LogP contribution in [-0.4, -0.2) is 51.4 Å². The van der Waals surface area contributed by atoms with E-state index in [9.17, 15) is 9.59 Å². The lowest BCUT2D eigenvalue weighted by Gasteiger charge is -2.33. The summed E-state index contributed by atoms with van der Waals surface area (Å²) in [6, 6.07) is 0.0949. The number of amides is 2. The Morgan fingerprint density at radius 2 is 1.82 bits per heavy atom. The Morgan fingerprint density at radius 3 is 2.36 bits per heavy atom. The number of aromatic nitrogens is 2. The number of hydrogen-bond acceptors (Lipinski definition) is 4. The minimum atomic E-state index is -0.488. The van der Waals surface area contributed by atoms with Gasteiger partial charge in [0, 0.05) is 36.9 Å². The molecule has 28 heavy (non-hydrogen) atoms. The number of nitrogens with one attached hydrogen (secondary N) is 1. The number of rotatable bonds is 5. The molecule has 2 heterocycles. The molecule has 0 bridgehead atoms. The van der Waals surface area contributed by atoms with Crippen LogP contribution in [0.5, 0.6) is 0 Å². The first-order valence-corrected chi connectivity index (χ1v) is 10.3. The average molecular weight is 393 g/mol. The van der Waals surface area contributed by atoms with Crippen LogP contribution in [0.2, 0.25) is 0 Å². The molecule has 1 N–H and O–H groups in total. The van der Waals surface area contributed by atoms with Crippen molar-refractivity contribution in [1.29, 1.82) is 0 Å². The Balaban J connectivity index is 1.85. The minimum absolute atomic E-state index is 0.0195. The molecular weight excluding hydrogens is 356 g/mol. The molecule has 1 fully saturated rings. The van der Waals surface area contributed by atoms with Crippen LogP contribution in [0.1, 0.15) is 64.4 Å². The molecule has 0 saturated carbocycles. The molecule has 1 aromatic rings. The highest BCUT2D eigenvalue weighted by Gasteiger charge is 2.27. The van der Waals surface area contributed by atoms with Crippen LogP contribution in [0.4, 0.5) is 4.79 Å². The van der Waals surface area contributed by atoms with Gasteiger partial charge < -0.3 is 15.0 Å². The third-order valence-corrected chi connectivity index (χ3v) is 4.92. The van der Waals surface area contributed by atoms with Gasteiger partial charge in [-0.3, -0.25) is 9.48 Å². The second-order valence-electron chi connectivity index (χ2n) is 9.21. The molecule has 1 saturated heterocycles. The van der Waals surface area contributed by atoms with E-state index < -0.39 is 5.60 Å². The van der Waals surface area contributed by atoms with Crippen LogP contribution in [0.25, 0.3) is 0 Å². The predicted octanol–water partition coefficient (Wildman–Crippen LogP) is 3.21. The van der Waals surface area contributed by atoms with Crippen molar-refractivity contribution in [1.82, 2.24) is 20.0 Å². The van der Waals surface area contributed by atoms with E-state index in [1.54, 1.807) is 4.90 Å². The van der Waals surface area contributed by atoms with E-state index in [1.165, 1.54) is 0 Å². The van der Waals surface area contributed by atoms with Crippen LogP contribution in [0.15, 0.2) is 0 Å². The summed E-state index contributed by atoms with van der Waals surface area (Å²) in [5.41, 5.74) is 2.52. The van der Waals surface area contributed by atoms with Crippen molar-refractivity contribution in [2.75, 3.05) is 13.1 Å². The van der Waals surface area contributed by atoms with Gasteiger partial charge in [0.05, 0.1) is 12.1 Å². The fourth-order valence-corrected chi connectivity index (χ4v) is 3.49. The molecule has 0 spiro atoms. The maximum absolute atomic E-state index is 12.6. The second kappa shape index (κ2) is 8.97. The first kappa shape index (κ1) is 22.2. The third kappa shape index (κ3) is 6.24. The summed E-state index contributed by atoms with van der Waals surface area (Å²) in [4.78, 5) is 26.4. The van der Waals surface area contributed by atoms with Crippen molar-refractivity contribution in [3.63, 3.8) is 0 Å². The lowest BCUT2D eigenvalue weighted by atomic mass is 10.0. The van der Waals surface area contributed by atoms with Crippen molar-refractivity contribution in [3.05, 3.63) is 17.0 Å². The van der Waals surface area contributed by atoms with Crippen LogP contribution in [0.3, 0.4) is 0 Å². The Kier molecular flexibility index (Phi) is 7.12. The van der Waals surface area contributed by atoms with Crippen molar-refractivity contribution in [2.45, 2.75) is 85.9 Å². The van der Waals surface area contributed by atoms with Crippen molar-refractivity contribution in [3.8, 4) is 0 Å². The van der Waals surface area contributed by atoms with Gasteiger partial charge in [0.25, 0.3) is 0 Å². The van der Waals surface area contributed by atoms with Gasteiger partial charge in [0.15, 0.2) is 0 Å². The molecule has 2 amide bonds. The maximum atomic E-state index is 12.6. The molecule has 0 aliphatic carbocycles. The summed E-state index contributed by atoms with van der Waals surface area (Å²) in [5, 5.41) is 7.71. The Morgan fingerprint density at radius 1 is 1.21 bits per heavy atom. The zero-order valence-electron chi connectivity index (χ0n) is 18.5. The van der Waals surface area contributed by atoms with E-state index in [1.807, 2.05) is 39.3 Å². The number of aryl methyl sites for hydroxylation is 1. The SMILES string of the molecule is Cc1nn(CC(C)C)c(C)c1CC(=O)NC1CCN(C(=O)OC(C)(C)C)CC1. The van der Waals surface area contributed by atoms with Gasteiger partial charge in [-0.1, -0.05) is 13.8 Å². The minimum Gasteiger partial charge on any atom is -0.444 e. The summed E-state index contributed by atoms with van der Waals surface area (Å²) in [7, 11) is 0. The molecule has 2 rings (SSSR count). The fourth-order valence-electron chi connectivity index (χ4n) is 3.49. The highest BCUT2D eigenvalue weighted by atomic mass is 16.6. The van der Waals surface area contributed by atoms with Crippen molar-refractivity contribution in [2.24, 2.45) is 5.92 Å². The van der Waals surface area contributed by atoms with E-state index >= 15 is 0 Å². The molecule has 1 aliphatic rings. The van der Waals surface area contributed by atoms with Gasteiger partial charge in [0.1, 0.15) is 5.60 Å². The van der Waals surface area contributed by atoms with Gasteiger partial charge in [-0.15, -0.1) is 0 Å². The number of carbonyl (C=O) groups is 2. The standard InChI is InChI=1S/C21H36N4O3/c1-14(2)13-25-16(4)18(15(3)23-25)12-19(26)22-17-8-10-24(11-9-17)20(27)28-21(5,6)7/h14,17H,8-13H2,1-7H3,(H,22,26). The summed E-state index contributed by atoms with van der Waals surface area (Å²) in [5.74, 6) is 0.529. The molecule has 158 valence electrons. The lowest BCUT2D eigenvalue weighted by Crippen LogP contribution is -2.48. The first-order chi connectivity index (χ1) is 13.0. The molecule has 1 aliphatic heterocycles. The summed E-state index contributed by atoms with van der Waals surface area (Å²) in [6.07, 6.45) is 1.56. The molecule has 0 unspecified atom stereocenters.